The predicted octanol–water partition coefficient (Wildman–Crippen LogP) is -0.742. The lowest BCUT2D eigenvalue weighted by Gasteiger charge is -2.08. The number of hydrogen-bond donors (Lipinski definition) is 2. The highest BCUT2D eigenvalue weighted by Gasteiger charge is 2.18. The molecule has 9 nitrogen and oxygen atoms in total. The van der Waals surface area contributed by atoms with E-state index in [-0.39, 0.29) is 11.3 Å². The predicted molar refractivity (Wildman–Crippen MR) is 79.2 cm³/mol. The molecular formula is C14H14N4O5. The van der Waals surface area contributed by atoms with E-state index in [9.17, 15) is 19.2 Å². The SMILES string of the molecule is CC(=O)NNC(=O)COC(=O)c1nn(C)c(=O)c2ccccc12. The third-order valence-corrected chi connectivity index (χ3v) is 2.86. The van der Waals surface area contributed by atoms with Gasteiger partial charge in [-0.15, -0.1) is 0 Å². The molecule has 0 aliphatic rings. The molecule has 0 spiro atoms. The topological polar surface area (TPSA) is 119 Å². The average Bonchev–Trinajstić information content (AvgIpc) is 2.54. The van der Waals surface area contributed by atoms with Crippen LogP contribution in [0, 0.1) is 0 Å². The number of aryl methyl sites for hydroxylation is 1. The zero-order valence-corrected chi connectivity index (χ0v) is 12.5. The first-order valence-corrected chi connectivity index (χ1v) is 6.58. The summed E-state index contributed by atoms with van der Waals surface area (Å²) in [5.74, 6) is -2.02. The third kappa shape index (κ3) is 3.70. The molecule has 0 saturated carbocycles. The third-order valence-electron chi connectivity index (χ3n) is 2.86. The Balaban J connectivity index is 2.19. The molecule has 1 aromatic heterocycles. The molecule has 1 aromatic carbocycles. The zero-order chi connectivity index (χ0) is 17.0. The van der Waals surface area contributed by atoms with E-state index >= 15 is 0 Å². The lowest BCUT2D eigenvalue weighted by atomic mass is 10.1. The number of benzene rings is 1. The summed E-state index contributed by atoms with van der Waals surface area (Å²) in [4.78, 5) is 46.1. The molecule has 0 aliphatic heterocycles. The molecule has 2 N–H and O–H groups in total. The second kappa shape index (κ2) is 6.69. The van der Waals surface area contributed by atoms with Crippen LogP contribution >= 0.6 is 0 Å². The molecule has 23 heavy (non-hydrogen) atoms. The van der Waals surface area contributed by atoms with E-state index in [4.69, 9.17) is 4.74 Å². The number of esters is 1. The van der Waals surface area contributed by atoms with Crippen LogP contribution in [0.3, 0.4) is 0 Å². The molecule has 1 heterocycles. The van der Waals surface area contributed by atoms with Gasteiger partial charge in [0.15, 0.2) is 12.3 Å². The number of carbonyl (C=O) groups is 3. The molecule has 9 heteroatoms. The molecule has 120 valence electrons. The Morgan fingerprint density at radius 3 is 2.48 bits per heavy atom. The van der Waals surface area contributed by atoms with Gasteiger partial charge in [0.1, 0.15) is 0 Å². The number of hydrogen-bond acceptors (Lipinski definition) is 6. The van der Waals surface area contributed by atoms with Crippen LogP contribution < -0.4 is 16.4 Å². The lowest BCUT2D eigenvalue weighted by molar-refractivity contribution is -0.129. The van der Waals surface area contributed by atoms with Gasteiger partial charge in [-0.25, -0.2) is 9.48 Å². The van der Waals surface area contributed by atoms with Gasteiger partial charge < -0.3 is 4.74 Å². The van der Waals surface area contributed by atoms with Gasteiger partial charge in [-0.05, 0) is 6.07 Å². The summed E-state index contributed by atoms with van der Waals surface area (Å²) in [6, 6.07) is 6.46. The van der Waals surface area contributed by atoms with Crippen LogP contribution in [0.5, 0.6) is 0 Å². The van der Waals surface area contributed by atoms with Crippen LogP contribution in [0.2, 0.25) is 0 Å². The fourth-order valence-corrected chi connectivity index (χ4v) is 1.84. The van der Waals surface area contributed by atoms with Crippen LogP contribution in [-0.2, 0) is 21.4 Å². The number of amides is 2. The molecule has 2 rings (SSSR count). The second-order valence-corrected chi connectivity index (χ2v) is 4.63. The average molecular weight is 318 g/mol. The summed E-state index contributed by atoms with van der Waals surface area (Å²) in [5.41, 5.74) is 3.70. The Kier molecular flexibility index (Phi) is 4.69. The Hall–Kier alpha value is -3.23. The number of hydrazine groups is 1. The Morgan fingerprint density at radius 1 is 1.17 bits per heavy atom. The van der Waals surface area contributed by atoms with E-state index in [0.29, 0.717) is 10.8 Å². The first-order chi connectivity index (χ1) is 10.9. The van der Waals surface area contributed by atoms with E-state index in [1.807, 2.05) is 0 Å². The van der Waals surface area contributed by atoms with Crippen molar-refractivity contribution in [2.75, 3.05) is 6.61 Å². The number of fused-ring (bicyclic) bond motifs is 1. The number of nitrogens with zero attached hydrogens (tertiary/aromatic N) is 2. The minimum absolute atomic E-state index is 0.0740. The van der Waals surface area contributed by atoms with Gasteiger partial charge in [0, 0.05) is 19.4 Å². The van der Waals surface area contributed by atoms with Crippen molar-refractivity contribution in [3.63, 3.8) is 0 Å². The van der Waals surface area contributed by atoms with E-state index in [2.05, 4.69) is 16.0 Å². The Bertz CT molecular complexity index is 843. The quantitative estimate of drug-likeness (QED) is 0.568. The maximum Gasteiger partial charge on any atom is 0.359 e. The van der Waals surface area contributed by atoms with Gasteiger partial charge in [0.25, 0.3) is 11.5 Å². The normalized spacial score (nSPS) is 10.2. The molecule has 0 bridgehead atoms. The van der Waals surface area contributed by atoms with E-state index < -0.39 is 24.4 Å². The summed E-state index contributed by atoms with van der Waals surface area (Å²) >= 11 is 0. The maximum absolute atomic E-state index is 12.1. The smallest absolute Gasteiger partial charge is 0.359 e. The van der Waals surface area contributed by atoms with Crippen molar-refractivity contribution in [2.24, 2.45) is 7.05 Å². The fraction of sp³-hybridized carbons (Fsp3) is 0.214. The highest BCUT2D eigenvalue weighted by Crippen LogP contribution is 2.13. The second-order valence-electron chi connectivity index (χ2n) is 4.63. The molecular weight excluding hydrogens is 304 g/mol. The molecule has 2 amide bonds. The molecule has 0 radical (unpaired) electrons. The molecule has 0 fully saturated rings. The van der Waals surface area contributed by atoms with Crippen LogP contribution in [0.25, 0.3) is 10.8 Å². The Morgan fingerprint density at radius 2 is 1.83 bits per heavy atom. The minimum Gasteiger partial charge on any atom is -0.451 e. The van der Waals surface area contributed by atoms with Gasteiger partial charge in [-0.2, -0.15) is 5.10 Å². The zero-order valence-electron chi connectivity index (χ0n) is 12.5. The van der Waals surface area contributed by atoms with Crippen LogP contribution in [0.4, 0.5) is 0 Å². The molecule has 2 aromatic rings. The van der Waals surface area contributed by atoms with Crippen LogP contribution in [0.15, 0.2) is 29.1 Å². The van der Waals surface area contributed by atoms with Crippen molar-refractivity contribution in [3.05, 3.63) is 40.3 Å². The summed E-state index contributed by atoms with van der Waals surface area (Å²) in [5, 5.41) is 4.54. The summed E-state index contributed by atoms with van der Waals surface area (Å²) < 4.78 is 5.87. The fourth-order valence-electron chi connectivity index (χ4n) is 1.84. The van der Waals surface area contributed by atoms with Gasteiger partial charge in [0.2, 0.25) is 5.91 Å². The van der Waals surface area contributed by atoms with Gasteiger partial charge in [-0.1, -0.05) is 18.2 Å². The van der Waals surface area contributed by atoms with Gasteiger partial charge in [0.05, 0.1) is 5.39 Å². The highest BCUT2D eigenvalue weighted by atomic mass is 16.5. The number of aromatic nitrogens is 2. The summed E-state index contributed by atoms with van der Waals surface area (Å²) in [6.45, 7) is 0.616. The molecule has 0 atom stereocenters. The molecule has 0 saturated heterocycles. The summed E-state index contributed by atoms with van der Waals surface area (Å²) in [7, 11) is 1.41. The van der Waals surface area contributed by atoms with Crippen molar-refractivity contribution >= 4 is 28.6 Å². The van der Waals surface area contributed by atoms with Crippen molar-refractivity contribution in [1.82, 2.24) is 20.6 Å². The first-order valence-electron chi connectivity index (χ1n) is 6.58. The van der Waals surface area contributed by atoms with Crippen LogP contribution in [-0.4, -0.2) is 34.2 Å². The highest BCUT2D eigenvalue weighted by molar-refractivity contribution is 6.02. The van der Waals surface area contributed by atoms with E-state index in [0.717, 1.165) is 4.68 Å². The van der Waals surface area contributed by atoms with E-state index in [1.165, 1.54) is 14.0 Å². The maximum atomic E-state index is 12.1. The first kappa shape index (κ1) is 16.1. The Labute approximate surface area is 130 Å². The monoisotopic (exact) mass is 318 g/mol. The molecule has 0 unspecified atom stereocenters. The minimum atomic E-state index is -0.852. The van der Waals surface area contributed by atoms with Crippen molar-refractivity contribution < 1.29 is 19.1 Å². The van der Waals surface area contributed by atoms with Gasteiger partial charge in [-0.3, -0.25) is 25.2 Å². The largest absolute Gasteiger partial charge is 0.451 e. The number of nitrogens with one attached hydrogen (secondary N) is 2. The van der Waals surface area contributed by atoms with E-state index in [1.54, 1.807) is 24.3 Å². The van der Waals surface area contributed by atoms with Crippen molar-refractivity contribution in [3.8, 4) is 0 Å². The standard InChI is InChI=1S/C14H14N4O5/c1-8(19)15-16-11(20)7-23-14(22)12-9-5-3-4-6-10(9)13(21)18(2)17-12/h3-6H,7H2,1-2H3,(H,15,19)(H,16,20). The molecule has 0 aliphatic carbocycles. The number of carbonyl (C=O) groups excluding carboxylic acids is 3. The number of rotatable bonds is 3. The summed E-state index contributed by atoms with van der Waals surface area (Å²) in [6.07, 6.45) is 0. The van der Waals surface area contributed by atoms with Crippen molar-refractivity contribution in [1.29, 1.82) is 0 Å². The number of ether oxygens (including phenoxy) is 1. The van der Waals surface area contributed by atoms with Crippen molar-refractivity contribution in [2.45, 2.75) is 6.92 Å². The lowest BCUT2D eigenvalue weighted by Crippen LogP contribution is -2.42. The van der Waals surface area contributed by atoms with Gasteiger partial charge >= 0.3 is 5.97 Å². The van der Waals surface area contributed by atoms with Crippen LogP contribution in [0.1, 0.15) is 17.4 Å².